The van der Waals surface area contributed by atoms with Crippen LogP contribution in [0.4, 0.5) is 5.95 Å². The molecule has 3 aromatic rings. The minimum absolute atomic E-state index is 0.0270. The molecular formula is C22H23N5O. The molecule has 0 unspecified atom stereocenters. The van der Waals surface area contributed by atoms with E-state index in [-0.39, 0.29) is 5.91 Å². The standard InChI is InChI=1S/C22H23N5O/c1-17-5-2-6-18(15-17)20-8-7-19(16-25-20)21(28)26-11-4-12-27(14-13-26)22-23-9-3-10-24-22/h2-3,5-10,15-16H,4,11-14H2,1H3. The van der Waals surface area contributed by atoms with Crippen LogP contribution in [0.25, 0.3) is 11.3 Å². The Morgan fingerprint density at radius 1 is 0.929 bits per heavy atom. The molecule has 0 spiro atoms. The number of carbonyl (C=O) groups excluding carboxylic acids is 1. The number of hydrogen-bond donors (Lipinski definition) is 0. The van der Waals surface area contributed by atoms with E-state index in [1.807, 2.05) is 35.2 Å². The Morgan fingerprint density at radius 2 is 1.79 bits per heavy atom. The van der Waals surface area contributed by atoms with E-state index < -0.39 is 0 Å². The molecule has 6 heteroatoms. The van der Waals surface area contributed by atoms with Crippen LogP contribution in [0.2, 0.25) is 0 Å². The molecule has 1 saturated heterocycles. The number of nitrogens with zero attached hydrogens (tertiary/aromatic N) is 5. The molecule has 0 N–H and O–H groups in total. The third-order valence-corrected chi connectivity index (χ3v) is 4.94. The van der Waals surface area contributed by atoms with E-state index in [4.69, 9.17) is 0 Å². The molecule has 4 rings (SSSR count). The second kappa shape index (κ2) is 8.17. The fourth-order valence-electron chi connectivity index (χ4n) is 3.45. The fraction of sp³-hybridized carbons (Fsp3) is 0.273. The van der Waals surface area contributed by atoms with E-state index in [2.05, 4.69) is 38.9 Å². The third kappa shape index (κ3) is 4.01. The van der Waals surface area contributed by atoms with Crippen LogP contribution in [0.3, 0.4) is 0 Å². The lowest BCUT2D eigenvalue weighted by Gasteiger charge is -2.22. The molecule has 2 aromatic heterocycles. The maximum absolute atomic E-state index is 12.9. The van der Waals surface area contributed by atoms with Gasteiger partial charge in [-0.1, -0.05) is 23.8 Å². The van der Waals surface area contributed by atoms with Crippen LogP contribution < -0.4 is 4.90 Å². The fourth-order valence-corrected chi connectivity index (χ4v) is 3.45. The predicted octanol–water partition coefficient (Wildman–Crippen LogP) is 3.20. The second-order valence-electron chi connectivity index (χ2n) is 6.98. The Bertz CT molecular complexity index is 943. The van der Waals surface area contributed by atoms with Crippen LogP contribution in [0.15, 0.2) is 61.1 Å². The topological polar surface area (TPSA) is 62.2 Å². The highest BCUT2D eigenvalue weighted by Gasteiger charge is 2.21. The molecule has 1 fully saturated rings. The first-order valence-electron chi connectivity index (χ1n) is 9.55. The summed E-state index contributed by atoms with van der Waals surface area (Å²) in [5.74, 6) is 0.750. The number of anilines is 1. The van der Waals surface area contributed by atoms with E-state index in [9.17, 15) is 4.79 Å². The molecule has 0 aliphatic carbocycles. The minimum Gasteiger partial charge on any atom is -0.339 e. The van der Waals surface area contributed by atoms with Gasteiger partial charge in [0.05, 0.1) is 11.3 Å². The van der Waals surface area contributed by atoms with Crippen LogP contribution in [-0.2, 0) is 0 Å². The highest BCUT2D eigenvalue weighted by molar-refractivity contribution is 5.94. The van der Waals surface area contributed by atoms with Gasteiger partial charge >= 0.3 is 0 Å². The zero-order valence-corrected chi connectivity index (χ0v) is 16.0. The largest absolute Gasteiger partial charge is 0.339 e. The van der Waals surface area contributed by atoms with E-state index >= 15 is 0 Å². The minimum atomic E-state index is 0.0270. The highest BCUT2D eigenvalue weighted by Crippen LogP contribution is 2.19. The Hall–Kier alpha value is -3.28. The van der Waals surface area contributed by atoms with Crippen molar-refractivity contribution >= 4 is 11.9 Å². The zero-order valence-electron chi connectivity index (χ0n) is 16.0. The lowest BCUT2D eigenvalue weighted by molar-refractivity contribution is 0.0766. The summed E-state index contributed by atoms with van der Waals surface area (Å²) < 4.78 is 0. The van der Waals surface area contributed by atoms with Crippen molar-refractivity contribution in [2.24, 2.45) is 0 Å². The molecule has 1 aliphatic heterocycles. The summed E-state index contributed by atoms with van der Waals surface area (Å²) in [4.78, 5) is 30.1. The average Bonchev–Trinajstić information content (AvgIpc) is 3.00. The van der Waals surface area contributed by atoms with Crippen molar-refractivity contribution in [2.75, 3.05) is 31.1 Å². The van der Waals surface area contributed by atoms with Crippen molar-refractivity contribution in [1.82, 2.24) is 19.9 Å². The van der Waals surface area contributed by atoms with Gasteiger partial charge in [-0.15, -0.1) is 0 Å². The first kappa shape index (κ1) is 18.1. The molecule has 1 aromatic carbocycles. The number of rotatable bonds is 3. The van der Waals surface area contributed by atoms with Crippen molar-refractivity contribution in [3.8, 4) is 11.3 Å². The molecule has 6 nitrogen and oxygen atoms in total. The monoisotopic (exact) mass is 373 g/mol. The molecule has 0 radical (unpaired) electrons. The van der Waals surface area contributed by atoms with Crippen LogP contribution >= 0.6 is 0 Å². The van der Waals surface area contributed by atoms with Gasteiger partial charge in [-0.2, -0.15) is 0 Å². The summed E-state index contributed by atoms with van der Waals surface area (Å²) in [6.07, 6.45) is 6.07. The Kier molecular flexibility index (Phi) is 5.28. The summed E-state index contributed by atoms with van der Waals surface area (Å²) >= 11 is 0. The van der Waals surface area contributed by atoms with E-state index in [1.165, 1.54) is 5.56 Å². The van der Waals surface area contributed by atoms with E-state index in [0.29, 0.717) is 12.1 Å². The highest BCUT2D eigenvalue weighted by atomic mass is 16.2. The molecule has 3 heterocycles. The third-order valence-electron chi connectivity index (χ3n) is 4.94. The number of benzene rings is 1. The van der Waals surface area contributed by atoms with Crippen molar-refractivity contribution in [1.29, 1.82) is 0 Å². The number of aromatic nitrogens is 3. The maximum Gasteiger partial charge on any atom is 0.255 e. The maximum atomic E-state index is 12.9. The van der Waals surface area contributed by atoms with Crippen LogP contribution in [0.5, 0.6) is 0 Å². The van der Waals surface area contributed by atoms with E-state index in [1.54, 1.807) is 18.6 Å². The second-order valence-corrected chi connectivity index (χ2v) is 6.98. The summed E-state index contributed by atoms with van der Waals surface area (Å²) in [5.41, 5.74) is 3.76. The van der Waals surface area contributed by atoms with Gasteiger partial charge in [-0.05, 0) is 37.6 Å². The number of hydrogen-bond acceptors (Lipinski definition) is 5. The van der Waals surface area contributed by atoms with Crippen molar-refractivity contribution in [3.05, 3.63) is 72.2 Å². The average molecular weight is 373 g/mol. The quantitative estimate of drug-likeness (QED) is 0.706. The molecule has 0 bridgehead atoms. The lowest BCUT2D eigenvalue weighted by atomic mass is 10.1. The molecule has 1 aliphatic rings. The SMILES string of the molecule is Cc1cccc(-c2ccc(C(=O)N3CCCN(c4ncccn4)CC3)cn2)c1. The summed E-state index contributed by atoms with van der Waals surface area (Å²) in [7, 11) is 0. The van der Waals surface area contributed by atoms with Crippen LogP contribution in [0.1, 0.15) is 22.3 Å². The molecule has 1 amide bonds. The van der Waals surface area contributed by atoms with Crippen LogP contribution in [0, 0.1) is 6.92 Å². The Labute approximate surface area is 164 Å². The smallest absolute Gasteiger partial charge is 0.255 e. The first-order chi connectivity index (χ1) is 13.7. The normalized spacial score (nSPS) is 14.6. The van der Waals surface area contributed by atoms with Crippen molar-refractivity contribution in [3.63, 3.8) is 0 Å². The summed E-state index contributed by atoms with van der Waals surface area (Å²) in [6, 6.07) is 13.8. The molecule has 28 heavy (non-hydrogen) atoms. The number of amides is 1. The van der Waals surface area contributed by atoms with Gasteiger partial charge in [-0.25, -0.2) is 9.97 Å². The van der Waals surface area contributed by atoms with Crippen LogP contribution in [-0.4, -0.2) is 51.9 Å². The Balaban J connectivity index is 1.44. The van der Waals surface area contributed by atoms with E-state index in [0.717, 1.165) is 43.3 Å². The summed E-state index contributed by atoms with van der Waals surface area (Å²) in [5, 5.41) is 0. The van der Waals surface area contributed by atoms with Gasteiger partial charge < -0.3 is 9.80 Å². The van der Waals surface area contributed by atoms with Gasteiger partial charge in [0.15, 0.2) is 0 Å². The predicted molar refractivity (Wildman–Crippen MR) is 109 cm³/mol. The van der Waals surface area contributed by atoms with Gasteiger partial charge in [0.25, 0.3) is 5.91 Å². The lowest BCUT2D eigenvalue weighted by Crippen LogP contribution is -2.35. The number of carbonyl (C=O) groups is 1. The Morgan fingerprint density at radius 3 is 2.54 bits per heavy atom. The van der Waals surface area contributed by atoms with Gasteiger partial charge in [0.2, 0.25) is 5.95 Å². The van der Waals surface area contributed by atoms with Crippen molar-refractivity contribution in [2.45, 2.75) is 13.3 Å². The van der Waals surface area contributed by atoms with Crippen molar-refractivity contribution < 1.29 is 4.79 Å². The van der Waals surface area contributed by atoms with Gasteiger partial charge in [-0.3, -0.25) is 9.78 Å². The van der Waals surface area contributed by atoms with Gasteiger partial charge in [0.1, 0.15) is 0 Å². The van der Waals surface area contributed by atoms with Gasteiger partial charge in [0, 0.05) is 50.3 Å². The number of pyridine rings is 1. The summed E-state index contributed by atoms with van der Waals surface area (Å²) in [6.45, 7) is 5.01. The molecule has 0 saturated carbocycles. The molecular weight excluding hydrogens is 350 g/mol. The first-order valence-corrected chi connectivity index (χ1v) is 9.55. The number of aryl methyl sites for hydroxylation is 1. The molecule has 0 atom stereocenters. The zero-order chi connectivity index (χ0) is 19.3. The molecule has 142 valence electrons.